The molecule has 4 rings (SSSR count). The molecule has 0 bridgehead atoms. The second-order valence-electron chi connectivity index (χ2n) is 7.60. The van der Waals surface area contributed by atoms with Crippen LogP contribution in [0, 0.1) is 5.82 Å². The summed E-state index contributed by atoms with van der Waals surface area (Å²) in [6.07, 6.45) is 1.15. The van der Waals surface area contributed by atoms with Gasteiger partial charge in [0.15, 0.2) is 0 Å². The molecular weight excluding hydrogens is 491 g/mol. The number of rotatable bonds is 7. The molecule has 1 aromatic heterocycles. The van der Waals surface area contributed by atoms with Gasteiger partial charge in [-0.05, 0) is 30.2 Å². The molecule has 0 saturated heterocycles. The number of amidine groups is 1. The van der Waals surface area contributed by atoms with Gasteiger partial charge in [-0.15, -0.1) is 0 Å². The van der Waals surface area contributed by atoms with E-state index < -0.39 is 17.6 Å². The SMILES string of the molecule is C=C1N=C(c2ccc([C@H](C)NC(=O)c3cc(C(=O)NCc4ccc(F)c(Cl)c4)ncn3)cc2)NS1. The second kappa shape index (κ2) is 10.7. The van der Waals surface area contributed by atoms with E-state index in [0.29, 0.717) is 10.6 Å². The lowest BCUT2D eigenvalue weighted by Gasteiger charge is -2.15. The third-order valence-corrected chi connectivity index (χ3v) is 6.02. The zero-order valence-corrected chi connectivity index (χ0v) is 20.1. The van der Waals surface area contributed by atoms with Gasteiger partial charge >= 0.3 is 0 Å². The summed E-state index contributed by atoms with van der Waals surface area (Å²) in [6.45, 7) is 5.76. The zero-order chi connectivity index (χ0) is 24.9. The van der Waals surface area contributed by atoms with Crippen LogP contribution in [-0.2, 0) is 6.54 Å². The molecule has 0 radical (unpaired) electrons. The van der Waals surface area contributed by atoms with Crippen LogP contribution in [0.5, 0.6) is 0 Å². The lowest BCUT2D eigenvalue weighted by Crippen LogP contribution is -2.29. The number of nitrogens with zero attached hydrogens (tertiary/aromatic N) is 3. The van der Waals surface area contributed by atoms with E-state index in [0.717, 1.165) is 23.3 Å². The van der Waals surface area contributed by atoms with Crippen molar-refractivity contribution in [2.45, 2.75) is 19.5 Å². The maximum absolute atomic E-state index is 13.3. The monoisotopic (exact) mass is 510 g/mol. The largest absolute Gasteiger partial charge is 0.347 e. The predicted octanol–water partition coefficient (Wildman–Crippen LogP) is 4.16. The Balaban J connectivity index is 1.37. The first-order valence-corrected chi connectivity index (χ1v) is 11.7. The first-order chi connectivity index (χ1) is 16.8. The molecule has 0 aliphatic carbocycles. The van der Waals surface area contributed by atoms with Gasteiger partial charge in [-0.1, -0.05) is 48.5 Å². The van der Waals surface area contributed by atoms with Crippen LogP contribution >= 0.6 is 23.5 Å². The molecule has 3 N–H and O–H groups in total. The van der Waals surface area contributed by atoms with Gasteiger partial charge in [0.2, 0.25) is 0 Å². The van der Waals surface area contributed by atoms with Gasteiger partial charge < -0.3 is 15.4 Å². The van der Waals surface area contributed by atoms with E-state index in [9.17, 15) is 14.0 Å². The predicted molar refractivity (Wildman–Crippen MR) is 133 cm³/mol. The highest BCUT2D eigenvalue weighted by molar-refractivity contribution is 8.02. The summed E-state index contributed by atoms with van der Waals surface area (Å²) in [5, 5.41) is 6.20. The summed E-state index contributed by atoms with van der Waals surface area (Å²) in [5.74, 6) is -0.755. The van der Waals surface area contributed by atoms with E-state index in [4.69, 9.17) is 11.6 Å². The Bertz CT molecular complexity index is 1330. The highest BCUT2D eigenvalue weighted by Crippen LogP contribution is 2.22. The maximum Gasteiger partial charge on any atom is 0.270 e. The molecule has 178 valence electrons. The highest BCUT2D eigenvalue weighted by atomic mass is 35.5. The Labute approximate surface area is 210 Å². The van der Waals surface area contributed by atoms with Crippen LogP contribution in [0.4, 0.5) is 4.39 Å². The number of benzene rings is 2. The van der Waals surface area contributed by atoms with Gasteiger partial charge in [0.05, 0.1) is 11.1 Å². The molecule has 11 heteroatoms. The number of amides is 2. The normalized spacial score (nSPS) is 13.6. The van der Waals surface area contributed by atoms with E-state index in [-0.39, 0.29) is 29.0 Å². The molecule has 1 atom stereocenters. The Morgan fingerprint density at radius 2 is 1.83 bits per heavy atom. The van der Waals surface area contributed by atoms with E-state index >= 15 is 0 Å². The smallest absolute Gasteiger partial charge is 0.270 e. The Kier molecular flexibility index (Phi) is 7.42. The van der Waals surface area contributed by atoms with Crippen molar-refractivity contribution in [3.05, 3.63) is 105 Å². The Morgan fingerprint density at radius 3 is 2.49 bits per heavy atom. The number of hydrogen-bond acceptors (Lipinski definition) is 7. The highest BCUT2D eigenvalue weighted by Gasteiger charge is 2.17. The average Bonchev–Trinajstić information content (AvgIpc) is 3.31. The van der Waals surface area contributed by atoms with Gasteiger partial charge in [-0.2, -0.15) is 0 Å². The summed E-state index contributed by atoms with van der Waals surface area (Å²) in [7, 11) is 0. The second-order valence-corrected chi connectivity index (χ2v) is 8.88. The van der Waals surface area contributed by atoms with Gasteiger partial charge in [0.1, 0.15) is 34.4 Å². The minimum Gasteiger partial charge on any atom is -0.347 e. The molecule has 2 aromatic carbocycles. The third-order valence-electron chi connectivity index (χ3n) is 5.10. The molecular formula is C24H20ClFN6O2S. The molecule has 0 spiro atoms. The summed E-state index contributed by atoms with van der Waals surface area (Å²) >= 11 is 7.12. The van der Waals surface area contributed by atoms with Gasteiger partial charge in [0.25, 0.3) is 11.8 Å². The van der Waals surface area contributed by atoms with Crippen molar-refractivity contribution in [3.8, 4) is 0 Å². The van der Waals surface area contributed by atoms with Crippen LogP contribution in [0.15, 0.2) is 71.5 Å². The molecule has 0 saturated carbocycles. The molecule has 35 heavy (non-hydrogen) atoms. The molecule has 0 unspecified atom stereocenters. The van der Waals surface area contributed by atoms with Gasteiger partial charge in [-0.25, -0.2) is 19.4 Å². The Morgan fingerprint density at radius 1 is 1.11 bits per heavy atom. The average molecular weight is 511 g/mol. The summed E-state index contributed by atoms with van der Waals surface area (Å²) in [5.41, 5.74) is 2.50. The number of aromatic nitrogens is 2. The molecule has 0 fully saturated rings. The van der Waals surface area contributed by atoms with E-state index in [1.807, 2.05) is 31.2 Å². The van der Waals surface area contributed by atoms with Crippen LogP contribution in [0.25, 0.3) is 0 Å². The van der Waals surface area contributed by atoms with Crippen LogP contribution in [-0.4, -0.2) is 27.6 Å². The third kappa shape index (κ3) is 6.03. The lowest BCUT2D eigenvalue weighted by atomic mass is 10.1. The molecule has 8 nitrogen and oxygen atoms in total. The van der Waals surface area contributed by atoms with Crippen LogP contribution in [0.1, 0.15) is 50.6 Å². The Hall–Kier alpha value is -3.76. The molecule has 2 amide bonds. The topological polar surface area (TPSA) is 108 Å². The first kappa shape index (κ1) is 24.4. The lowest BCUT2D eigenvalue weighted by molar-refractivity contribution is 0.0934. The molecule has 1 aliphatic rings. The van der Waals surface area contributed by atoms with Crippen LogP contribution < -0.4 is 15.4 Å². The molecule has 3 aromatic rings. The minimum atomic E-state index is -0.538. The van der Waals surface area contributed by atoms with Gasteiger partial charge in [-0.3, -0.25) is 9.59 Å². The van der Waals surface area contributed by atoms with Crippen molar-refractivity contribution < 1.29 is 14.0 Å². The zero-order valence-electron chi connectivity index (χ0n) is 18.5. The molecule has 1 aliphatic heterocycles. The van der Waals surface area contributed by atoms with Crippen molar-refractivity contribution in [1.82, 2.24) is 25.3 Å². The molecule has 2 heterocycles. The quantitative estimate of drug-likeness (QED) is 0.412. The standard InChI is InChI=1S/C24H20ClFN6O2S/c1-13(16-4-6-17(7-5-16)22-31-14(2)35-32-22)30-24(34)21-10-20(28-12-29-21)23(33)27-11-15-3-8-19(26)18(25)9-15/h3-10,12-13H,2,11H2,1H3,(H,27,33)(H,30,34)(H,31,32)/t13-/m0/s1. The number of aliphatic imine (C=N–C) groups is 1. The summed E-state index contributed by atoms with van der Waals surface area (Å²) in [4.78, 5) is 37.5. The van der Waals surface area contributed by atoms with Crippen molar-refractivity contribution >= 4 is 41.2 Å². The number of hydrogen-bond donors (Lipinski definition) is 3. The van der Waals surface area contributed by atoms with Crippen LogP contribution in [0.2, 0.25) is 5.02 Å². The summed E-state index contributed by atoms with van der Waals surface area (Å²) in [6, 6.07) is 12.8. The van der Waals surface area contributed by atoms with Crippen molar-refractivity contribution in [2.24, 2.45) is 4.99 Å². The number of carbonyl (C=O) groups excluding carboxylic acids is 2. The van der Waals surface area contributed by atoms with Gasteiger partial charge in [0, 0.05) is 30.1 Å². The summed E-state index contributed by atoms with van der Waals surface area (Å²) < 4.78 is 16.4. The fraction of sp³-hybridized carbons (Fsp3) is 0.125. The minimum absolute atomic E-state index is 0.0275. The number of nitrogens with one attached hydrogen (secondary N) is 3. The number of carbonyl (C=O) groups is 2. The maximum atomic E-state index is 13.3. The fourth-order valence-corrected chi connectivity index (χ4v) is 3.93. The fourth-order valence-electron chi connectivity index (χ4n) is 3.21. The van der Waals surface area contributed by atoms with Crippen LogP contribution in [0.3, 0.4) is 0 Å². The van der Waals surface area contributed by atoms with Crippen molar-refractivity contribution in [3.63, 3.8) is 0 Å². The number of halogens is 2. The van der Waals surface area contributed by atoms with E-state index in [1.165, 1.54) is 36.2 Å². The van der Waals surface area contributed by atoms with Crippen molar-refractivity contribution in [1.29, 1.82) is 0 Å². The van der Waals surface area contributed by atoms with E-state index in [1.54, 1.807) is 0 Å². The van der Waals surface area contributed by atoms with Crippen molar-refractivity contribution in [2.75, 3.05) is 0 Å². The first-order valence-electron chi connectivity index (χ1n) is 10.5. The van der Waals surface area contributed by atoms with E-state index in [2.05, 4.69) is 36.9 Å².